The molecule has 0 unspecified atom stereocenters. The van der Waals surface area contributed by atoms with Gasteiger partial charge >= 0.3 is 0 Å². The first-order valence-electron chi connectivity index (χ1n) is 11.0. The third-order valence-corrected chi connectivity index (χ3v) is 5.57. The first-order chi connectivity index (χ1) is 16.7. The van der Waals surface area contributed by atoms with Crippen molar-refractivity contribution >= 4 is 16.8 Å². The van der Waals surface area contributed by atoms with Crippen LogP contribution in [-0.2, 0) is 0 Å². The molecule has 5 aromatic rings. The Bertz CT molecular complexity index is 1440. The zero-order valence-electron chi connectivity index (χ0n) is 18.7. The predicted octanol–water partition coefficient (Wildman–Crippen LogP) is 4.60. The maximum Gasteiger partial charge on any atom is 0.273 e. The van der Waals surface area contributed by atoms with Gasteiger partial charge < -0.3 is 10.1 Å². The second-order valence-corrected chi connectivity index (χ2v) is 7.75. The minimum absolute atomic E-state index is 0.276. The Kier molecular flexibility index (Phi) is 5.99. The SMILES string of the molecule is Cc1c(C(=O)NCCOc2ccccc2-c2ccccc2)nnn1-c1cccc2cccnc12. The highest BCUT2D eigenvalue weighted by molar-refractivity contribution is 5.93. The van der Waals surface area contributed by atoms with E-state index in [1.54, 1.807) is 10.9 Å². The van der Waals surface area contributed by atoms with Crippen molar-refractivity contribution in [2.75, 3.05) is 13.2 Å². The molecule has 0 atom stereocenters. The molecule has 0 fully saturated rings. The smallest absolute Gasteiger partial charge is 0.273 e. The summed E-state index contributed by atoms with van der Waals surface area (Å²) < 4.78 is 7.62. The number of carbonyl (C=O) groups excluding carboxylic acids is 1. The number of fused-ring (bicyclic) bond motifs is 1. The van der Waals surface area contributed by atoms with Gasteiger partial charge in [0.25, 0.3) is 5.91 Å². The third-order valence-electron chi connectivity index (χ3n) is 5.57. The molecular formula is C27H23N5O2. The van der Waals surface area contributed by atoms with Gasteiger partial charge in [-0.15, -0.1) is 5.10 Å². The number of nitrogens with one attached hydrogen (secondary N) is 1. The van der Waals surface area contributed by atoms with Crippen LogP contribution in [0.3, 0.4) is 0 Å². The van der Waals surface area contributed by atoms with Crippen molar-refractivity contribution in [3.05, 3.63) is 103 Å². The first kappa shape index (κ1) is 21.3. The van der Waals surface area contributed by atoms with Crippen LogP contribution in [0.1, 0.15) is 16.2 Å². The molecule has 0 saturated carbocycles. The number of benzene rings is 3. The number of hydrogen-bond acceptors (Lipinski definition) is 5. The molecule has 0 spiro atoms. The summed E-state index contributed by atoms with van der Waals surface area (Å²) in [7, 11) is 0. The number of ether oxygens (including phenoxy) is 1. The molecule has 0 aliphatic rings. The van der Waals surface area contributed by atoms with Gasteiger partial charge in [0, 0.05) is 17.1 Å². The minimum atomic E-state index is -0.295. The molecule has 2 aromatic heterocycles. The second-order valence-electron chi connectivity index (χ2n) is 7.75. The summed E-state index contributed by atoms with van der Waals surface area (Å²) in [6.07, 6.45) is 1.74. The van der Waals surface area contributed by atoms with Gasteiger partial charge in [-0.05, 0) is 30.7 Å². The van der Waals surface area contributed by atoms with E-state index in [2.05, 4.69) is 20.6 Å². The zero-order valence-corrected chi connectivity index (χ0v) is 18.7. The van der Waals surface area contributed by atoms with Crippen molar-refractivity contribution in [2.45, 2.75) is 6.92 Å². The van der Waals surface area contributed by atoms with E-state index in [1.807, 2.05) is 91.9 Å². The molecule has 1 amide bonds. The first-order valence-corrected chi connectivity index (χ1v) is 11.0. The summed E-state index contributed by atoms with van der Waals surface area (Å²) in [5, 5.41) is 12.2. The van der Waals surface area contributed by atoms with Crippen molar-refractivity contribution in [3.8, 4) is 22.6 Å². The largest absolute Gasteiger partial charge is 0.491 e. The van der Waals surface area contributed by atoms with E-state index in [4.69, 9.17) is 4.74 Å². The van der Waals surface area contributed by atoms with Gasteiger partial charge in [-0.3, -0.25) is 9.78 Å². The van der Waals surface area contributed by atoms with Gasteiger partial charge in [0.1, 0.15) is 12.4 Å². The number of pyridine rings is 1. The van der Waals surface area contributed by atoms with Gasteiger partial charge in [0.05, 0.1) is 23.4 Å². The molecule has 2 heterocycles. The summed E-state index contributed by atoms with van der Waals surface area (Å²) in [4.78, 5) is 17.2. The van der Waals surface area contributed by atoms with E-state index in [0.29, 0.717) is 18.8 Å². The van der Waals surface area contributed by atoms with E-state index in [0.717, 1.165) is 33.5 Å². The maximum absolute atomic E-state index is 12.8. The third kappa shape index (κ3) is 4.23. The van der Waals surface area contributed by atoms with Crippen molar-refractivity contribution in [3.63, 3.8) is 0 Å². The standard InChI is InChI=1S/C27H23N5O2/c1-19-25(30-31-32(19)23-14-7-11-21-12-8-16-28-26(21)23)27(33)29-17-18-34-24-15-6-5-13-22(24)20-9-3-2-4-10-20/h2-16H,17-18H2,1H3,(H,29,33). The molecule has 0 bridgehead atoms. The Morgan fingerprint density at radius 1 is 0.941 bits per heavy atom. The lowest BCUT2D eigenvalue weighted by Gasteiger charge is -2.12. The number of nitrogens with zero attached hydrogens (tertiary/aromatic N) is 4. The van der Waals surface area contributed by atoms with E-state index >= 15 is 0 Å². The van der Waals surface area contributed by atoms with Crippen LogP contribution in [0.2, 0.25) is 0 Å². The van der Waals surface area contributed by atoms with E-state index in [1.165, 1.54) is 0 Å². The van der Waals surface area contributed by atoms with E-state index in [9.17, 15) is 4.79 Å². The predicted molar refractivity (Wildman–Crippen MR) is 131 cm³/mol. The Labute approximate surface area is 197 Å². The van der Waals surface area contributed by atoms with Gasteiger partial charge in [0.15, 0.2) is 5.69 Å². The van der Waals surface area contributed by atoms with E-state index in [-0.39, 0.29) is 11.6 Å². The van der Waals surface area contributed by atoms with Crippen molar-refractivity contribution in [1.82, 2.24) is 25.3 Å². The number of amides is 1. The summed E-state index contributed by atoms with van der Waals surface area (Å²) in [6, 6.07) is 27.6. The lowest BCUT2D eigenvalue weighted by atomic mass is 10.1. The van der Waals surface area contributed by atoms with Crippen molar-refractivity contribution < 1.29 is 9.53 Å². The number of para-hydroxylation sites is 2. The fourth-order valence-corrected chi connectivity index (χ4v) is 3.88. The molecule has 5 rings (SSSR count). The summed E-state index contributed by atoms with van der Waals surface area (Å²) in [5.74, 6) is 0.477. The van der Waals surface area contributed by atoms with Crippen LogP contribution in [0.4, 0.5) is 0 Å². The van der Waals surface area contributed by atoms with Crippen LogP contribution in [0.15, 0.2) is 91.1 Å². The van der Waals surface area contributed by atoms with Crippen LogP contribution >= 0.6 is 0 Å². The second kappa shape index (κ2) is 9.54. The molecule has 0 radical (unpaired) electrons. The summed E-state index contributed by atoms with van der Waals surface area (Å²) >= 11 is 0. The molecule has 168 valence electrons. The monoisotopic (exact) mass is 449 g/mol. The highest BCUT2D eigenvalue weighted by Crippen LogP contribution is 2.29. The summed E-state index contributed by atoms with van der Waals surface area (Å²) in [5.41, 5.74) is 4.59. The molecule has 0 aliphatic heterocycles. The van der Waals surface area contributed by atoms with Gasteiger partial charge in [0.2, 0.25) is 0 Å². The fourth-order valence-electron chi connectivity index (χ4n) is 3.88. The number of rotatable bonds is 7. The average molecular weight is 450 g/mol. The van der Waals surface area contributed by atoms with Gasteiger partial charge in [-0.2, -0.15) is 0 Å². The molecular weight excluding hydrogens is 426 g/mol. The molecule has 3 aromatic carbocycles. The average Bonchev–Trinajstić information content (AvgIpc) is 3.28. The lowest BCUT2D eigenvalue weighted by molar-refractivity contribution is 0.0941. The quantitative estimate of drug-likeness (QED) is 0.367. The van der Waals surface area contributed by atoms with Crippen LogP contribution in [0.5, 0.6) is 5.75 Å². The molecule has 0 saturated heterocycles. The maximum atomic E-state index is 12.8. The van der Waals surface area contributed by atoms with Crippen LogP contribution < -0.4 is 10.1 Å². The van der Waals surface area contributed by atoms with Crippen LogP contribution in [-0.4, -0.2) is 39.0 Å². The lowest BCUT2D eigenvalue weighted by Crippen LogP contribution is -2.29. The van der Waals surface area contributed by atoms with Crippen LogP contribution in [0.25, 0.3) is 27.7 Å². The Morgan fingerprint density at radius 3 is 2.62 bits per heavy atom. The van der Waals surface area contributed by atoms with Crippen molar-refractivity contribution in [2.24, 2.45) is 0 Å². The zero-order chi connectivity index (χ0) is 23.3. The molecule has 0 aliphatic carbocycles. The highest BCUT2D eigenvalue weighted by atomic mass is 16.5. The molecule has 7 heteroatoms. The number of hydrogen-bond donors (Lipinski definition) is 1. The fraction of sp³-hybridized carbons (Fsp3) is 0.111. The van der Waals surface area contributed by atoms with Gasteiger partial charge in [-0.1, -0.05) is 71.9 Å². The molecule has 34 heavy (non-hydrogen) atoms. The summed E-state index contributed by atoms with van der Waals surface area (Å²) in [6.45, 7) is 2.49. The Hall–Kier alpha value is -4.52. The molecule has 1 N–H and O–H groups in total. The minimum Gasteiger partial charge on any atom is -0.491 e. The van der Waals surface area contributed by atoms with Crippen LogP contribution in [0, 0.1) is 6.92 Å². The molecule has 7 nitrogen and oxygen atoms in total. The van der Waals surface area contributed by atoms with Gasteiger partial charge in [-0.25, -0.2) is 4.68 Å². The topological polar surface area (TPSA) is 81.9 Å². The van der Waals surface area contributed by atoms with E-state index < -0.39 is 0 Å². The Morgan fingerprint density at radius 2 is 1.74 bits per heavy atom. The number of aromatic nitrogens is 4. The highest BCUT2D eigenvalue weighted by Gasteiger charge is 2.18. The number of carbonyl (C=O) groups is 1. The normalized spacial score (nSPS) is 10.9. The van der Waals surface area contributed by atoms with Crippen molar-refractivity contribution in [1.29, 1.82) is 0 Å². The Balaban J connectivity index is 1.25.